The molecule has 0 aromatic heterocycles. The van der Waals surface area contributed by atoms with E-state index in [-0.39, 0.29) is 12.2 Å². The van der Waals surface area contributed by atoms with E-state index in [4.69, 9.17) is 15.2 Å². The van der Waals surface area contributed by atoms with E-state index in [1.165, 1.54) is 24.3 Å². The Bertz CT molecular complexity index is 705. The zero-order valence-corrected chi connectivity index (χ0v) is 13.6. The van der Waals surface area contributed by atoms with Gasteiger partial charge in [0.25, 0.3) is 0 Å². The quantitative estimate of drug-likeness (QED) is 0.490. The molecule has 0 saturated heterocycles. The first-order valence-corrected chi connectivity index (χ1v) is 7.51. The number of benzene rings is 2. The first kappa shape index (κ1) is 18.4. The standard InChI is InChI=1S/C18H18FNO5/c1-23-17(21)18(22)25-16(20)11-15(12-5-3-2-4-6-12)24-14-9-7-13(19)8-10-14/h2-10,15-16H,11,20H2,1H3. The third-order valence-electron chi connectivity index (χ3n) is 3.32. The minimum absolute atomic E-state index is 0.0874. The second kappa shape index (κ2) is 8.79. The van der Waals surface area contributed by atoms with E-state index in [9.17, 15) is 14.0 Å². The lowest BCUT2D eigenvalue weighted by atomic mass is 10.1. The minimum atomic E-state index is -1.18. The van der Waals surface area contributed by atoms with Crippen molar-refractivity contribution >= 4 is 11.9 Å². The molecule has 7 heteroatoms. The van der Waals surface area contributed by atoms with Gasteiger partial charge in [-0.2, -0.15) is 0 Å². The summed E-state index contributed by atoms with van der Waals surface area (Å²) in [5.41, 5.74) is 6.58. The van der Waals surface area contributed by atoms with Crippen LogP contribution in [-0.4, -0.2) is 25.3 Å². The van der Waals surface area contributed by atoms with Crippen molar-refractivity contribution in [3.8, 4) is 5.75 Å². The van der Waals surface area contributed by atoms with E-state index in [1.807, 2.05) is 30.3 Å². The minimum Gasteiger partial charge on any atom is -0.486 e. The fourth-order valence-electron chi connectivity index (χ4n) is 2.13. The topological polar surface area (TPSA) is 87.9 Å². The molecule has 132 valence electrons. The average molecular weight is 347 g/mol. The number of methoxy groups -OCH3 is 1. The highest BCUT2D eigenvalue weighted by molar-refractivity contribution is 6.29. The van der Waals surface area contributed by atoms with Crippen molar-refractivity contribution < 1.29 is 28.2 Å². The summed E-state index contributed by atoms with van der Waals surface area (Å²) in [6.07, 6.45) is -1.56. The second-order valence-electron chi connectivity index (χ2n) is 5.14. The number of ether oxygens (including phenoxy) is 3. The lowest BCUT2D eigenvalue weighted by Crippen LogP contribution is -2.33. The Balaban J connectivity index is 2.10. The molecule has 2 unspecified atom stereocenters. The van der Waals surface area contributed by atoms with Gasteiger partial charge in [-0.1, -0.05) is 30.3 Å². The Morgan fingerprint density at radius 3 is 2.28 bits per heavy atom. The highest BCUT2D eigenvalue weighted by atomic mass is 19.1. The van der Waals surface area contributed by atoms with Gasteiger partial charge in [0.1, 0.15) is 17.7 Å². The molecule has 2 N–H and O–H groups in total. The number of carbonyl (C=O) groups excluding carboxylic acids is 2. The molecule has 0 aliphatic heterocycles. The second-order valence-corrected chi connectivity index (χ2v) is 5.14. The van der Waals surface area contributed by atoms with Crippen LogP contribution in [0.3, 0.4) is 0 Å². The molecule has 0 saturated carbocycles. The van der Waals surface area contributed by atoms with Gasteiger partial charge in [0.2, 0.25) is 0 Å². The third kappa shape index (κ3) is 5.58. The summed E-state index contributed by atoms with van der Waals surface area (Å²) in [6, 6.07) is 14.6. The van der Waals surface area contributed by atoms with Crippen LogP contribution in [0.5, 0.6) is 5.75 Å². The van der Waals surface area contributed by atoms with Crippen molar-refractivity contribution in [1.82, 2.24) is 0 Å². The van der Waals surface area contributed by atoms with Crippen molar-refractivity contribution in [3.05, 3.63) is 66.0 Å². The van der Waals surface area contributed by atoms with Gasteiger partial charge < -0.3 is 14.2 Å². The van der Waals surface area contributed by atoms with E-state index in [2.05, 4.69) is 4.74 Å². The van der Waals surface area contributed by atoms with Crippen LogP contribution in [0, 0.1) is 5.82 Å². The first-order chi connectivity index (χ1) is 12.0. The summed E-state index contributed by atoms with van der Waals surface area (Å²) in [4.78, 5) is 22.5. The van der Waals surface area contributed by atoms with Crippen LogP contribution in [0.1, 0.15) is 18.1 Å². The van der Waals surface area contributed by atoms with Crippen LogP contribution >= 0.6 is 0 Å². The Kier molecular flexibility index (Phi) is 6.47. The molecule has 2 aromatic rings. The summed E-state index contributed by atoms with van der Waals surface area (Å²) in [7, 11) is 1.07. The van der Waals surface area contributed by atoms with Crippen LogP contribution < -0.4 is 10.5 Å². The molecule has 0 heterocycles. The van der Waals surface area contributed by atoms with Crippen LogP contribution in [0.15, 0.2) is 54.6 Å². The molecule has 0 bridgehead atoms. The average Bonchev–Trinajstić information content (AvgIpc) is 2.62. The van der Waals surface area contributed by atoms with E-state index >= 15 is 0 Å². The van der Waals surface area contributed by atoms with E-state index in [0.29, 0.717) is 5.75 Å². The van der Waals surface area contributed by atoms with Crippen LogP contribution in [0.4, 0.5) is 4.39 Å². The SMILES string of the molecule is COC(=O)C(=O)OC(N)CC(Oc1ccc(F)cc1)c1ccccc1. The molecule has 0 aliphatic rings. The number of hydrogen-bond donors (Lipinski definition) is 1. The highest BCUT2D eigenvalue weighted by Gasteiger charge is 2.24. The van der Waals surface area contributed by atoms with E-state index in [0.717, 1.165) is 12.7 Å². The maximum atomic E-state index is 13.0. The molecule has 2 aromatic carbocycles. The number of rotatable bonds is 6. The molecular formula is C18H18FNO5. The highest BCUT2D eigenvalue weighted by Crippen LogP contribution is 2.26. The van der Waals surface area contributed by atoms with Crippen LogP contribution in [-0.2, 0) is 19.1 Å². The van der Waals surface area contributed by atoms with Crippen molar-refractivity contribution in [2.24, 2.45) is 5.73 Å². The molecule has 0 spiro atoms. The maximum Gasteiger partial charge on any atom is 0.419 e. The lowest BCUT2D eigenvalue weighted by molar-refractivity contribution is -0.169. The van der Waals surface area contributed by atoms with Crippen LogP contribution in [0.2, 0.25) is 0 Å². The fraction of sp³-hybridized carbons (Fsp3) is 0.222. The van der Waals surface area contributed by atoms with Gasteiger partial charge in [0.05, 0.1) is 7.11 Å². The van der Waals surface area contributed by atoms with Crippen molar-refractivity contribution in [2.45, 2.75) is 18.8 Å². The summed E-state index contributed by atoms with van der Waals surface area (Å²) >= 11 is 0. The molecule has 0 fully saturated rings. The van der Waals surface area contributed by atoms with Gasteiger partial charge in [-0.25, -0.2) is 14.0 Å². The molecule has 6 nitrogen and oxygen atoms in total. The Morgan fingerprint density at radius 2 is 1.68 bits per heavy atom. The Labute approximate surface area is 144 Å². The zero-order chi connectivity index (χ0) is 18.2. The van der Waals surface area contributed by atoms with E-state index < -0.39 is 24.3 Å². The smallest absolute Gasteiger partial charge is 0.419 e. The molecule has 0 amide bonds. The van der Waals surface area contributed by atoms with E-state index in [1.54, 1.807) is 0 Å². The van der Waals surface area contributed by atoms with Crippen molar-refractivity contribution in [1.29, 1.82) is 0 Å². The summed E-state index contributed by atoms with van der Waals surface area (Å²) in [5, 5.41) is 0. The molecule has 25 heavy (non-hydrogen) atoms. The molecular weight excluding hydrogens is 329 g/mol. The first-order valence-electron chi connectivity index (χ1n) is 7.51. The van der Waals surface area contributed by atoms with Crippen molar-refractivity contribution in [2.75, 3.05) is 7.11 Å². The number of halogens is 1. The normalized spacial score (nSPS) is 12.8. The summed E-state index contributed by atoms with van der Waals surface area (Å²) in [5.74, 6) is -2.26. The zero-order valence-electron chi connectivity index (χ0n) is 13.6. The molecule has 2 rings (SSSR count). The van der Waals surface area contributed by atoms with Gasteiger partial charge >= 0.3 is 11.9 Å². The van der Waals surface area contributed by atoms with Gasteiger partial charge in [0.15, 0.2) is 6.23 Å². The van der Waals surface area contributed by atoms with Gasteiger partial charge in [0, 0.05) is 6.42 Å². The lowest BCUT2D eigenvalue weighted by Gasteiger charge is -2.22. The summed E-state index contributed by atoms with van der Waals surface area (Å²) in [6.45, 7) is 0. The molecule has 0 radical (unpaired) electrons. The Morgan fingerprint density at radius 1 is 1.04 bits per heavy atom. The van der Waals surface area contributed by atoms with Crippen LogP contribution in [0.25, 0.3) is 0 Å². The summed E-state index contributed by atoms with van der Waals surface area (Å²) < 4.78 is 28.0. The fourth-order valence-corrected chi connectivity index (χ4v) is 2.13. The molecule has 0 aliphatic carbocycles. The predicted octanol–water partition coefficient (Wildman–Crippen LogP) is 2.34. The number of esters is 2. The number of nitrogens with two attached hydrogens (primary N) is 1. The van der Waals surface area contributed by atoms with Crippen molar-refractivity contribution in [3.63, 3.8) is 0 Å². The predicted molar refractivity (Wildman–Crippen MR) is 86.9 cm³/mol. The van der Waals surface area contributed by atoms with Gasteiger partial charge in [-0.15, -0.1) is 0 Å². The Hall–Kier alpha value is -2.93. The maximum absolute atomic E-state index is 13.0. The monoisotopic (exact) mass is 347 g/mol. The number of carbonyl (C=O) groups is 2. The largest absolute Gasteiger partial charge is 0.486 e. The molecule has 2 atom stereocenters. The van der Waals surface area contributed by atoms with Gasteiger partial charge in [-0.3, -0.25) is 5.73 Å². The number of hydrogen-bond acceptors (Lipinski definition) is 6. The van der Waals surface area contributed by atoms with Gasteiger partial charge in [-0.05, 0) is 29.8 Å². The third-order valence-corrected chi connectivity index (χ3v) is 3.32.